The van der Waals surface area contributed by atoms with E-state index in [1.165, 1.54) is 43.7 Å². The Morgan fingerprint density at radius 1 is 1.14 bits per heavy atom. The number of rotatable bonds is 4. The summed E-state index contributed by atoms with van der Waals surface area (Å²) < 4.78 is 2.04. The average molecular weight is 296 g/mol. The van der Waals surface area contributed by atoms with Crippen molar-refractivity contribution in [2.75, 3.05) is 19.6 Å². The van der Waals surface area contributed by atoms with Gasteiger partial charge in [-0.05, 0) is 37.5 Å². The summed E-state index contributed by atoms with van der Waals surface area (Å²) in [6.07, 6.45) is 8.47. The molecule has 0 bridgehead atoms. The van der Waals surface area contributed by atoms with E-state index >= 15 is 0 Å². The minimum Gasteiger partial charge on any atom is -0.306 e. The van der Waals surface area contributed by atoms with Crippen molar-refractivity contribution in [1.29, 1.82) is 0 Å². The molecule has 1 saturated carbocycles. The van der Waals surface area contributed by atoms with E-state index in [1.807, 2.05) is 23.3 Å². The maximum atomic E-state index is 4.10. The van der Waals surface area contributed by atoms with Crippen LogP contribution in [0, 0.1) is 0 Å². The molecule has 116 valence electrons. The van der Waals surface area contributed by atoms with Crippen LogP contribution in [0.1, 0.15) is 25.3 Å². The zero-order chi connectivity index (χ0) is 14.9. The first-order valence-corrected chi connectivity index (χ1v) is 8.35. The lowest BCUT2D eigenvalue weighted by Crippen LogP contribution is -2.51. The van der Waals surface area contributed by atoms with Crippen LogP contribution in [0.15, 0.2) is 43.0 Å². The molecule has 4 heteroatoms. The summed E-state index contributed by atoms with van der Waals surface area (Å²) in [5.41, 5.74) is 2.57. The second kappa shape index (κ2) is 5.86. The Morgan fingerprint density at radius 3 is 2.59 bits per heavy atom. The van der Waals surface area contributed by atoms with Crippen molar-refractivity contribution in [2.45, 2.75) is 38.4 Å². The number of benzene rings is 1. The van der Waals surface area contributed by atoms with Crippen LogP contribution in [0.25, 0.3) is 5.69 Å². The molecule has 2 heterocycles. The zero-order valence-electron chi connectivity index (χ0n) is 13.2. The molecule has 2 fully saturated rings. The lowest BCUT2D eigenvalue weighted by atomic mass is 10.1. The fraction of sp³-hybridized carbons (Fsp3) is 0.500. The topological polar surface area (TPSA) is 24.3 Å². The molecule has 0 spiro atoms. The zero-order valence-corrected chi connectivity index (χ0v) is 13.2. The number of nitrogens with zero attached hydrogens (tertiary/aromatic N) is 4. The summed E-state index contributed by atoms with van der Waals surface area (Å²) in [7, 11) is 0. The van der Waals surface area contributed by atoms with Crippen LogP contribution in [0.3, 0.4) is 0 Å². The van der Waals surface area contributed by atoms with Gasteiger partial charge in [0.2, 0.25) is 0 Å². The highest BCUT2D eigenvalue weighted by Crippen LogP contribution is 2.29. The summed E-state index contributed by atoms with van der Waals surface area (Å²) in [4.78, 5) is 9.40. The molecular formula is C18H24N4. The van der Waals surface area contributed by atoms with Crippen LogP contribution in [-0.4, -0.2) is 51.1 Å². The third-order valence-corrected chi connectivity index (χ3v) is 4.98. The van der Waals surface area contributed by atoms with Crippen molar-refractivity contribution in [3.63, 3.8) is 0 Å². The molecule has 1 atom stereocenters. The van der Waals surface area contributed by atoms with E-state index in [1.54, 1.807) is 0 Å². The highest BCUT2D eigenvalue weighted by Gasteiger charge is 2.33. The summed E-state index contributed by atoms with van der Waals surface area (Å²) in [6.45, 7) is 7.10. The average Bonchev–Trinajstić information content (AvgIpc) is 3.25. The van der Waals surface area contributed by atoms with Gasteiger partial charge in [0.15, 0.2) is 0 Å². The predicted molar refractivity (Wildman–Crippen MR) is 88.0 cm³/mol. The standard InChI is InChI=1S/C18H24N4/c1-15-12-21(17-6-7-17)11-10-20(15)13-16-2-4-18(5-3-16)22-9-8-19-14-22/h2-5,8-9,14-15,17H,6-7,10-13H2,1H3. The van der Waals surface area contributed by atoms with Crippen molar-refractivity contribution >= 4 is 0 Å². The first-order chi connectivity index (χ1) is 10.8. The molecule has 0 amide bonds. The fourth-order valence-electron chi connectivity index (χ4n) is 3.45. The molecule has 1 aromatic carbocycles. The van der Waals surface area contributed by atoms with Gasteiger partial charge < -0.3 is 4.57 Å². The highest BCUT2D eigenvalue weighted by molar-refractivity contribution is 5.34. The monoisotopic (exact) mass is 296 g/mol. The number of hydrogen-bond acceptors (Lipinski definition) is 3. The van der Waals surface area contributed by atoms with Crippen molar-refractivity contribution in [3.8, 4) is 5.69 Å². The van der Waals surface area contributed by atoms with Crippen molar-refractivity contribution in [1.82, 2.24) is 19.4 Å². The number of imidazole rings is 1. The largest absolute Gasteiger partial charge is 0.306 e. The summed E-state index contributed by atoms with van der Waals surface area (Å²) in [5, 5.41) is 0. The van der Waals surface area contributed by atoms with E-state index in [4.69, 9.17) is 0 Å². The van der Waals surface area contributed by atoms with Gasteiger partial charge >= 0.3 is 0 Å². The van der Waals surface area contributed by atoms with Gasteiger partial charge in [-0.1, -0.05) is 12.1 Å². The molecule has 1 aliphatic carbocycles. The normalized spacial score (nSPS) is 23.8. The van der Waals surface area contributed by atoms with Gasteiger partial charge in [0.1, 0.15) is 0 Å². The summed E-state index contributed by atoms with van der Waals surface area (Å²) >= 11 is 0. The smallest absolute Gasteiger partial charge is 0.0991 e. The van der Waals surface area contributed by atoms with E-state index in [0.717, 1.165) is 12.6 Å². The molecule has 1 aromatic heterocycles. The van der Waals surface area contributed by atoms with Gasteiger partial charge in [0.25, 0.3) is 0 Å². The van der Waals surface area contributed by atoms with E-state index in [2.05, 4.69) is 46.0 Å². The van der Waals surface area contributed by atoms with Gasteiger partial charge in [-0.3, -0.25) is 9.80 Å². The second-order valence-electron chi connectivity index (χ2n) is 6.68. The Bertz CT molecular complexity index is 601. The van der Waals surface area contributed by atoms with Crippen LogP contribution in [0.4, 0.5) is 0 Å². The summed E-state index contributed by atoms with van der Waals surface area (Å²) in [5.74, 6) is 0. The third kappa shape index (κ3) is 2.94. The Hall–Kier alpha value is -1.65. The molecule has 2 aliphatic rings. The molecule has 1 unspecified atom stereocenters. The first kappa shape index (κ1) is 14.0. The molecule has 0 N–H and O–H groups in total. The fourth-order valence-corrected chi connectivity index (χ4v) is 3.45. The van der Waals surface area contributed by atoms with E-state index < -0.39 is 0 Å². The van der Waals surface area contributed by atoms with Crippen LogP contribution in [0.5, 0.6) is 0 Å². The Balaban J connectivity index is 1.38. The van der Waals surface area contributed by atoms with E-state index in [-0.39, 0.29) is 0 Å². The third-order valence-electron chi connectivity index (χ3n) is 4.98. The quantitative estimate of drug-likeness (QED) is 0.866. The first-order valence-electron chi connectivity index (χ1n) is 8.35. The van der Waals surface area contributed by atoms with Crippen molar-refractivity contribution in [3.05, 3.63) is 48.5 Å². The van der Waals surface area contributed by atoms with Crippen molar-refractivity contribution in [2.24, 2.45) is 0 Å². The maximum Gasteiger partial charge on any atom is 0.0991 e. The number of piperazine rings is 1. The molecule has 1 saturated heterocycles. The predicted octanol–water partition coefficient (Wildman–Crippen LogP) is 2.54. The number of hydrogen-bond donors (Lipinski definition) is 0. The SMILES string of the molecule is CC1CN(C2CC2)CCN1Cc1ccc(-n2ccnc2)cc1. The van der Waals surface area contributed by atoms with Crippen molar-refractivity contribution < 1.29 is 0 Å². The molecule has 4 nitrogen and oxygen atoms in total. The van der Waals surface area contributed by atoms with Crippen LogP contribution >= 0.6 is 0 Å². The van der Waals surface area contributed by atoms with E-state index in [0.29, 0.717) is 6.04 Å². The van der Waals surface area contributed by atoms with Gasteiger partial charge in [-0.2, -0.15) is 0 Å². The lowest BCUT2D eigenvalue weighted by molar-refractivity contribution is 0.0730. The summed E-state index contributed by atoms with van der Waals surface area (Å²) in [6, 6.07) is 10.4. The van der Waals surface area contributed by atoms with Crippen LogP contribution < -0.4 is 0 Å². The Morgan fingerprint density at radius 2 is 1.95 bits per heavy atom. The molecule has 0 radical (unpaired) electrons. The van der Waals surface area contributed by atoms with Gasteiger partial charge in [0.05, 0.1) is 6.33 Å². The van der Waals surface area contributed by atoms with Crippen LogP contribution in [0.2, 0.25) is 0 Å². The molecule has 2 aromatic rings. The molecular weight excluding hydrogens is 272 g/mol. The van der Waals surface area contributed by atoms with Gasteiger partial charge in [-0.15, -0.1) is 0 Å². The van der Waals surface area contributed by atoms with Gasteiger partial charge in [0, 0.05) is 56.3 Å². The Kier molecular flexibility index (Phi) is 3.72. The highest BCUT2D eigenvalue weighted by atomic mass is 15.3. The molecule has 1 aliphatic heterocycles. The molecule has 22 heavy (non-hydrogen) atoms. The molecule has 4 rings (SSSR count). The maximum absolute atomic E-state index is 4.10. The van der Waals surface area contributed by atoms with Crippen LogP contribution in [-0.2, 0) is 6.54 Å². The lowest BCUT2D eigenvalue weighted by Gasteiger charge is -2.40. The minimum absolute atomic E-state index is 0.655. The second-order valence-corrected chi connectivity index (χ2v) is 6.68. The minimum atomic E-state index is 0.655. The number of aromatic nitrogens is 2. The van der Waals surface area contributed by atoms with Gasteiger partial charge in [-0.25, -0.2) is 4.98 Å². The van der Waals surface area contributed by atoms with E-state index in [9.17, 15) is 0 Å². The Labute approximate surface area is 132 Å².